The smallest absolute Gasteiger partial charge is 0.253 e. The van der Waals surface area contributed by atoms with Crippen LogP contribution in [0.1, 0.15) is 22.1 Å². The maximum Gasteiger partial charge on any atom is 0.253 e. The molecule has 1 amide bonds. The van der Waals surface area contributed by atoms with Crippen LogP contribution in [0.3, 0.4) is 0 Å². The molecule has 7 nitrogen and oxygen atoms in total. The summed E-state index contributed by atoms with van der Waals surface area (Å²) in [5.41, 5.74) is 4.12. The number of imidazole rings is 1. The molecule has 7 heteroatoms. The molecule has 0 spiro atoms. The number of methoxy groups -OCH3 is 1. The zero-order valence-corrected chi connectivity index (χ0v) is 15.7. The minimum absolute atomic E-state index is 0.180. The number of amides is 1. The molecular formula is C21H21N5O2. The Hall–Kier alpha value is -3.45. The van der Waals surface area contributed by atoms with E-state index >= 15 is 0 Å². The number of hydrogen-bond acceptors (Lipinski definition) is 4. The van der Waals surface area contributed by atoms with E-state index in [9.17, 15) is 4.79 Å². The van der Waals surface area contributed by atoms with Crippen molar-refractivity contribution in [3.63, 3.8) is 0 Å². The molecule has 0 aliphatic rings. The van der Waals surface area contributed by atoms with Crippen LogP contribution in [0.2, 0.25) is 0 Å². The van der Waals surface area contributed by atoms with Crippen LogP contribution >= 0.6 is 0 Å². The maximum atomic E-state index is 12.8. The van der Waals surface area contributed by atoms with Crippen LogP contribution in [0.15, 0.2) is 67.1 Å². The highest BCUT2D eigenvalue weighted by atomic mass is 16.5. The molecule has 0 aliphatic heterocycles. The third kappa shape index (κ3) is 3.52. The number of hydrogen-bond donors (Lipinski definition) is 1. The summed E-state index contributed by atoms with van der Waals surface area (Å²) in [6.45, 7) is 0.358. The van der Waals surface area contributed by atoms with Crippen molar-refractivity contribution in [3.8, 4) is 11.3 Å². The molecule has 0 saturated carbocycles. The number of rotatable bonds is 6. The molecule has 0 unspecified atom stereocenters. The van der Waals surface area contributed by atoms with Crippen molar-refractivity contribution in [1.29, 1.82) is 0 Å². The highest BCUT2D eigenvalue weighted by Crippen LogP contribution is 2.19. The van der Waals surface area contributed by atoms with E-state index in [0.29, 0.717) is 12.2 Å². The topological polar surface area (TPSA) is 73.4 Å². The number of carbonyl (C=O) groups excluding carboxylic acids is 1. The molecule has 0 aliphatic carbocycles. The Labute approximate surface area is 162 Å². The van der Waals surface area contributed by atoms with Gasteiger partial charge in [0.2, 0.25) is 0 Å². The first kappa shape index (κ1) is 17.9. The van der Waals surface area contributed by atoms with Gasteiger partial charge in [-0.15, -0.1) is 0 Å². The molecule has 1 aromatic carbocycles. The van der Waals surface area contributed by atoms with E-state index in [1.54, 1.807) is 30.3 Å². The average molecular weight is 375 g/mol. The first-order valence-corrected chi connectivity index (χ1v) is 8.97. The van der Waals surface area contributed by atoms with Crippen LogP contribution in [-0.2, 0) is 11.8 Å². The second-order valence-corrected chi connectivity index (χ2v) is 6.54. The number of fused-ring (bicyclic) bond motifs is 1. The van der Waals surface area contributed by atoms with Crippen LogP contribution in [-0.4, -0.2) is 38.8 Å². The van der Waals surface area contributed by atoms with Crippen LogP contribution in [0.4, 0.5) is 0 Å². The van der Waals surface area contributed by atoms with Crippen molar-refractivity contribution in [2.24, 2.45) is 7.05 Å². The van der Waals surface area contributed by atoms with Gasteiger partial charge in [0, 0.05) is 38.3 Å². The molecule has 0 fully saturated rings. The summed E-state index contributed by atoms with van der Waals surface area (Å²) >= 11 is 0. The van der Waals surface area contributed by atoms with Gasteiger partial charge in [-0.05, 0) is 18.2 Å². The second-order valence-electron chi connectivity index (χ2n) is 6.54. The molecule has 0 saturated heterocycles. The molecule has 142 valence electrons. The third-order valence-corrected chi connectivity index (χ3v) is 4.64. The summed E-state index contributed by atoms with van der Waals surface area (Å²) in [5, 5.41) is 7.19. The molecule has 4 rings (SSSR count). The number of benzene rings is 1. The third-order valence-electron chi connectivity index (χ3n) is 4.64. The summed E-state index contributed by atoms with van der Waals surface area (Å²) in [5.74, 6) is -0.180. The number of nitrogens with zero attached hydrogens (tertiary/aromatic N) is 4. The molecule has 1 atom stereocenters. The standard InChI is InChI=1S/C21H21N5O2/c1-25-19(10-11-22-25)18(14-28-2)24-21(27)16-8-9-20-23-17(13-26(20)12-16)15-6-4-3-5-7-15/h3-13,18H,14H2,1-2H3,(H,24,27)/t18-/m1/s1. The SMILES string of the molecule is COC[C@@H](NC(=O)c1ccc2nc(-c3ccccc3)cn2c1)c1ccnn1C. The Morgan fingerprint density at radius 2 is 1.96 bits per heavy atom. The highest BCUT2D eigenvalue weighted by Gasteiger charge is 2.19. The molecule has 28 heavy (non-hydrogen) atoms. The quantitative estimate of drug-likeness (QED) is 0.562. The molecule has 0 bridgehead atoms. The number of nitrogens with one attached hydrogen (secondary N) is 1. The van der Waals surface area contributed by atoms with E-state index in [1.165, 1.54) is 0 Å². The zero-order chi connectivity index (χ0) is 19.5. The van der Waals surface area contributed by atoms with Crippen molar-refractivity contribution < 1.29 is 9.53 Å². The minimum Gasteiger partial charge on any atom is -0.382 e. The predicted octanol–water partition coefficient (Wildman–Crippen LogP) is 2.85. The zero-order valence-electron chi connectivity index (χ0n) is 15.7. The number of aromatic nitrogens is 4. The van der Waals surface area contributed by atoms with E-state index in [1.807, 2.05) is 60.1 Å². The van der Waals surface area contributed by atoms with E-state index in [2.05, 4.69) is 15.4 Å². The molecule has 1 N–H and O–H groups in total. The van der Waals surface area contributed by atoms with Gasteiger partial charge in [0.1, 0.15) is 5.65 Å². The Morgan fingerprint density at radius 3 is 2.68 bits per heavy atom. The van der Waals surface area contributed by atoms with Gasteiger partial charge >= 0.3 is 0 Å². The van der Waals surface area contributed by atoms with Crippen molar-refractivity contribution in [2.75, 3.05) is 13.7 Å². The van der Waals surface area contributed by atoms with E-state index in [-0.39, 0.29) is 11.9 Å². The minimum atomic E-state index is -0.289. The van der Waals surface area contributed by atoms with Crippen molar-refractivity contribution in [2.45, 2.75) is 6.04 Å². The summed E-state index contributed by atoms with van der Waals surface area (Å²) in [6.07, 6.45) is 5.42. The van der Waals surface area contributed by atoms with Crippen molar-refractivity contribution in [1.82, 2.24) is 24.5 Å². The molecule has 4 aromatic rings. The lowest BCUT2D eigenvalue weighted by Crippen LogP contribution is -2.32. The lowest BCUT2D eigenvalue weighted by atomic mass is 10.2. The molecular weight excluding hydrogens is 354 g/mol. The lowest BCUT2D eigenvalue weighted by Gasteiger charge is -2.18. The van der Waals surface area contributed by atoms with E-state index in [4.69, 9.17) is 4.74 Å². The van der Waals surface area contributed by atoms with Crippen LogP contribution in [0.25, 0.3) is 16.9 Å². The van der Waals surface area contributed by atoms with Gasteiger partial charge < -0.3 is 14.5 Å². The van der Waals surface area contributed by atoms with Gasteiger partial charge in [-0.25, -0.2) is 4.98 Å². The van der Waals surface area contributed by atoms with Gasteiger partial charge in [0.15, 0.2) is 0 Å². The van der Waals surface area contributed by atoms with Crippen LogP contribution in [0.5, 0.6) is 0 Å². The van der Waals surface area contributed by atoms with Crippen molar-refractivity contribution >= 4 is 11.6 Å². The Balaban J connectivity index is 1.59. The largest absolute Gasteiger partial charge is 0.382 e. The fourth-order valence-electron chi connectivity index (χ4n) is 3.21. The Bertz CT molecular complexity index is 1100. The Kier molecular flexibility index (Phi) is 4.90. The first-order valence-electron chi connectivity index (χ1n) is 8.97. The first-order chi connectivity index (χ1) is 13.7. The van der Waals surface area contributed by atoms with Gasteiger partial charge in [-0.2, -0.15) is 5.10 Å². The van der Waals surface area contributed by atoms with E-state index in [0.717, 1.165) is 22.6 Å². The summed E-state index contributed by atoms with van der Waals surface area (Å²) in [4.78, 5) is 17.5. The fourth-order valence-corrected chi connectivity index (χ4v) is 3.21. The molecule has 0 radical (unpaired) electrons. The maximum absolute atomic E-state index is 12.8. The number of ether oxygens (including phenoxy) is 1. The monoisotopic (exact) mass is 375 g/mol. The summed E-state index contributed by atoms with van der Waals surface area (Å²) in [6, 6.07) is 15.2. The second kappa shape index (κ2) is 7.66. The summed E-state index contributed by atoms with van der Waals surface area (Å²) in [7, 11) is 3.45. The van der Waals surface area contributed by atoms with Crippen molar-refractivity contribution in [3.05, 3.63) is 78.4 Å². The van der Waals surface area contributed by atoms with Crippen LogP contribution in [0, 0.1) is 0 Å². The van der Waals surface area contributed by atoms with Crippen LogP contribution < -0.4 is 5.32 Å². The van der Waals surface area contributed by atoms with Gasteiger partial charge in [0.25, 0.3) is 5.91 Å². The normalized spacial score (nSPS) is 12.2. The number of aryl methyl sites for hydroxylation is 1. The average Bonchev–Trinajstić information content (AvgIpc) is 3.33. The summed E-state index contributed by atoms with van der Waals surface area (Å²) < 4.78 is 8.87. The predicted molar refractivity (Wildman–Crippen MR) is 106 cm³/mol. The van der Waals surface area contributed by atoms with Gasteiger partial charge in [-0.1, -0.05) is 30.3 Å². The molecule has 3 aromatic heterocycles. The van der Waals surface area contributed by atoms with Gasteiger partial charge in [0.05, 0.1) is 29.6 Å². The number of carbonyl (C=O) groups is 1. The highest BCUT2D eigenvalue weighted by molar-refractivity contribution is 5.94. The fraction of sp³-hybridized carbons (Fsp3) is 0.190. The Morgan fingerprint density at radius 1 is 1.14 bits per heavy atom. The van der Waals surface area contributed by atoms with Gasteiger partial charge in [-0.3, -0.25) is 9.48 Å². The molecule has 3 heterocycles. The van der Waals surface area contributed by atoms with E-state index < -0.39 is 0 Å². The number of pyridine rings is 1. The lowest BCUT2D eigenvalue weighted by molar-refractivity contribution is 0.0892.